The summed E-state index contributed by atoms with van der Waals surface area (Å²) in [6.07, 6.45) is 1.22. The van der Waals surface area contributed by atoms with E-state index in [0.717, 1.165) is 15.6 Å². The minimum absolute atomic E-state index is 0.0794. The molecular weight excluding hydrogens is 432 g/mol. The van der Waals surface area contributed by atoms with Gasteiger partial charge >= 0.3 is 0 Å². The van der Waals surface area contributed by atoms with Crippen LogP contribution in [-0.2, 0) is 17.9 Å². The van der Waals surface area contributed by atoms with Gasteiger partial charge in [-0.05, 0) is 35.9 Å². The van der Waals surface area contributed by atoms with E-state index in [4.69, 9.17) is 16.3 Å². The monoisotopic (exact) mass is 448 g/mol. The molecule has 0 saturated carbocycles. The Hall–Kier alpha value is -2.31. The van der Waals surface area contributed by atoms with E-state index in [1.54, 1.807) is 23.1 Å². The number of nitrogens with one attached hydrogen (secondary N) is 1. The lowest BCUT2D eigenvalue weighted by molar-refractivity contribution is -0.116. The van der Waals surface area contributed by atoms with Gasteiger partial charge in [0.25, 0.3) is 5.91 Å². The SMILES string of the molecule is C=CC(=O)NCc1ccc(C(=O)N2CCOc3c(Cl)cc(Br)cc3C2)cc1. The summed E-state index contributed by atoms with van der Waals surface area (Å²) in [4.78, 5) is 25.9. The predicted molar refractivity (Wildman–Crippen MR) is 108 cm³/mol. The Kier molecular flexibility index (Phi) is 6.19. The predicted octanol–water partition coefficient (Wildman–Crippen LogP) is 3.94. The van der Waals surface area contributed by atoms with Crippen molar-refractivity contribution in [2.75, 3.05) is 13.2 Å². The van der Waals surface area contributed by atoms with Crippen molar-refractivity contribution < 1.29 is 14.3 Å². The van der Waals surface area contributed by atoms with Crippen molar-refractivity contribution in [3.63, 3.8) is 0 Å². The Bertz CT molecular complexity index is 884. The van der Waals surface area contributed by atoms with E-state index in [0.29, 0.717) is 42.6 Å². The van der Waals surface area contributed by atoms with E-state index in [-0.39, 0.29) is 11.8 Å². The molecule has 0 radical (unpaired) electrons. The molecule has 1 aliphatic heterocycles. The van der Waals surface area contributed by atoms with Crippen LogP contribution in [0.3, 0.4) is 0 Å². The molecule has 140 valence electrons. The van der Waals surface area contributed by atoms with E-state index < -0.39 is 0 Å². The summed E-state index contributed by atoms with van der Waals surface area (Å²) in [5, 5.41) is 3.23. The minimum atomic E-state index is -0.233. The van der Waals surface area contributed by atoms with Crippen LogP contribution in [0, 0.1) is 0 Å². The molecule has 0 fully saturated rings. The van der Waals surface area contributed by atoms with Crippen LogP contribution in [0.15, 0.2) is 53.5 Å². The molecule has 0 bridgehead atoms. The second-order valence-electron chi connectivity index (χ2n) is 6.07. The summed E-state index contributed by atoms with van der Waals surface area (Å²) in [6, 6.07) is 10.9. The smallest absolute Gasteiger partial charge is 0.254 e. The van der Waals surface area contributed by atoms with Gasteiger partial charge in [0.1, 0.15) is 12.4 Å². The van der Waals surface area contributed by atoms with Crippen LogP contribution in [0.4, 0.5) is 0 Å². The molecule has 0 aromatic heterocycles. The van der Waals surface area contributed by atoms with Crippen molar-refractivity contribution in [1.82, 2.24) is 10.2 Å². The molecule has 1 heterocycles. The average Bonchev–Trinajstić information content (AvgIpc) is 2.88. The molecule has 0 spiro atoms. The van der Waals surface area contributed by atoms with Crippen LogP contribution in [0.1, 0.15) is 21.5 Å². The fraction of sp³-hybridized carbons (Fsp3) is 0.200. The summed E-state index contributed by atoms with van der Waals surface area (Å²) in [5.74, 6) is 0.316. The second-order valence-corrected chi connectivity index (χ2v) is 7.39. The van der Waals surface area contributed by atoms with Gasteiger partial charge < -0.3 is 15.0 Å². The van der Waals surface area contributed by atoms with Crippen LogP contribution in [0.2, 0.25) is 5.02 Å². The molecule has 0 atom stereocenters. The number of rotatable bonds is 4. The maximum Gasteiger partial charge on any atom is 0.254 e. The normalized spacial score (nSPS) is 13.2. The summed E-state index contributed by atoms with van der Waals surface area (Å²) in [7, 11) is 0. The van der Waals surface area contributed by atoms with Crippen molar-refractivity contribution in [2.24, 2.45) is 0 Å². The lowest BCUT2D eigenvalue weighted by Gasteiger charge is -2.20. The van der Waals surface area contributed by atoms with Gasteiger partial charge in [0.15, 0.2) is 0 Å². The summed E-state index contributed by atoms with van der Waals surface area (Å²) in [6.45, 7) is 5.07. The number of fused-ring (bicyclic) bond motifs is 1. The maximum absolute atomic E-state index is 12.9. The quantitative estimate of drug-likeness (QED) is 0.719. The standard InChI is InChI=1S/C20H18BrClN2O3/c1-2-18(25)23-11-13-3-5-14(6-4-13)20(26)24-7-8-27-19-15(12-24)9-16(21)10-17(19)22/h2-6,9-10H,1,7-8,11-12H2,(H,23,25). The lowest BCUT2D eigenvalue weighted by atomic mass is 10.1. The highest BCUT2D eigenvalue weighted by molar-refractivity contribution is 9.10. The van der Waals surface area contributed by atoms with Gasteiger partial charge in [-0.15, -0.1) is 0 Å². The number of carbonyl (C=O) groups excluding carboxylic acids is 2. The number of hydrogen-bond donors (Lipinski definition) is 1. The van der Waals surface area contributed by atoms with Crippen molar-refractivity contribution >= 4 is 39.3 Å². The van der Waals surface area contributed by atoms with E-state index >= 15 is 0 Å². The van der Waals surface area contributed by atoms with Gasteiger partial charge in [0.05, 0.1) is 11.6 Å². The highest BCUT2D eigenvalue weighted by atomic mass is 79.9. The van der Waals surface area contributed by atoms with Gasteiger partial charge in [0, 0.05) is 28.7 Å². The topological polar surface area (TPSA) is 58.6 Å². The minimum Gasteiger partial charge on any atom is -0.490 e. The third-order valence-electron chi connectivity index (χ3n) is 4.19. The fourth-order valence-electron chi connectivity index (χ4n) is 2.82. The number of ether oxygens (including phenoxy) is 1. The first-order valence-electron chi connectivity index (χ1n) is 8.37. The van der Waals surface area contributed by atoms with Crippen LogP contribution < -0.4 is 10.1 Å². The second kappa shape index (κ2) is 8.59. The highest BCUT2D eigenvalue weighted by Gasteiger charge is 2.23. The Morgan fingerprint density at radius 2 is 2.04 bits per heavy atom. The molecule has 5 nitrogen and oxygen atoms in total. The van der Waals surface area contributed by atoms with Crippen LogP contribution >= 0.6 is 27.5 Å². The first-order valence-corrected chi connectivity index (χ1v) is 9.54. The first-order chi connectivity index (χ1) is 13.0. The van der Waals surface area contributed by atoms with Gasteiger partial charge in [-0.2, -0.15) is 0 Å². The van der Waals surface area contributed by atoms with Crippen molar-refractivity contribution in [1.29, 1.82) is 0 Å². The summed E-state index contributed by atoms with van der Waals surface area (Å²) in [5.41, 5.74) is 2.35. The molecule has 2 aromatic rings. The van der Waals surface area contributed by atoms with Crippen LogP contribution in [0.25, 0.3) is 0 Å². The van der Waals surface area contributed by atoms with E-state index in [9.17, 15) is 9.59 Å². The molecule has 1 N–H and O–H groups in total. The number of nitrogens with zero attached hydrogens (tertiary/aromatic N) is 1. The van der Waals surface area contributed by atoms with Crippen LogP contribution in [-0.4, -0.2) is 29.9 Å². The number of hydrogen-bond acceptors (Lipinski definition) is 3. The van der Waals surface area contributed by atoms with Crippen molar-refractivity contribution in [3.8, 4) is 5.75 Å². The lowest BCUT2D eigenvalue weighted by Crippen LogP contribution is -2.32. The number of benzene rings is 2. The van der Waals surface area contributed by atoms with Crippen molar-refractivity contribution in [3.05, 3.63) is 75.2 Å². The van der Waals surface area contributed by atoms with E-state index in [2.05, 4.69) is 27.8 Å². The third kappa shape index (κ3) is 4.70. The average molecular weight is 450 g/mol. The number of amides is 2. The molecule has 0 saturated heterocycles. The zero-order chi connectivity index (χ0) is 19.4. The largest absolute Gasteiger partial charge is 0.490 e. The molecule has 2 aromatic carbocycles. The Balaban J connectivity index is 1.73. The van der Waals surface area contributed by atoms with E-state index in [1.165, 1.54) is 6.08 Å². The van der Waals surface area contributed by atoms with Gasteiger partial charge in [-0.25, -0.2) is 0 Å². The Morgan fingerprint density at radius 3 is 2.74 bits per heavy atom. The zero-order valence-electron chi connectivity index (χ0n) is 14.5. The zero-order valence-corrected chi connectivity index (χ0v) is 16.8. The summed E-state index contributed by atoms with van der Waals surface area (Å²) < 4.78 is 6.58. The molecule has 0 aliphatic carbocycles. The Morgan fingerprint density at radius 1 is 1.30 bits per heavy atom. The molecule has 27 heavy (non-hydrogen) atoms. The molecule has 2 amide bonds. The summed E-state index contributed by atoms with van der Waals surface area (Å²) >= 11 is 9.68. The van der Waals surface area contributed by atoms with Crippen LogP contribution in [0.5, 0.6) is 5.75 Å². The number of halogens is 2. The number of carbonyl (C=O) groups is 2. The fourth-order valence-corrected chi connectivity index (χ4v) is 3.75. The maximum atomic E-state index is 12.9. The van der Waals surface area contributed by atoms with Gasteiger partial charge in [-0.3, -0.25) is 9.59 Å². The Labute approximate surface area is 171 Å². The van der Waals surface area contributed by atoms with E-state index in [1.807, 2.05) is 18.2 Å². The molecular formula is C20H18BrClN2O3. The van der Waals surface area contributed by atoms with Gasteiger partial charge in [-0.1, -0.05) is 46.2 Å². The molecule has 1 aliphatic rings. The first kappa shape index (κ1) is 19.5. The third-order valence-corrected chi connectivity index (χ3v) is 4.93. The molecule has 0 unspecified atom stereocenters. The van der Waals surface area contributed by atoms with Crippen molar-refractivity contribution in [2.45, 2.75) is 13.1 Å². The highest BCUT2D eigenvalue weighted by Crippen LogP contribution is 2.34. The molecule has 7 heteroatoms. The van der Waals surface area contributed by atoms with Gasteiger partial charge in [0.2, 0.25) is 5.91 Å². The molecule has 3 rings (SSSR count).